The highest BCUT2D eigenvalue weighted by Crippen LogP contribution is 2.38. The summed E-state index contributed by atoms with van der Waals surface area (Å²) in [4.78, 5) is 14.4. The number of alkyl halides is 3. The number of nitrogens with zero attached hydrogens (tertiary/aromatic N) is 1. The van der Waals surface area contributed by atoms with Crippen LogP contribution in [0.3, 0.4) is 0 Å². The molecule has 1 fully saturated rings. The first-order chi connectivity index (χ1) is 11.0. The van der Waals surface area contributed by atoms with E-state index in [1.54, 1.807) is 20.8 Å². The highest BCUT2D eigenvalue weighted by molar-refractivity contribution is 5.97. The molecule has 1 unspecified atom stereocenters. The van der Waals surface area contributed by atoms with Crippen molar-refractivity contribution in [2.24, 2.45) is 5.41 Å². The van der Waals surface area contributed by atoms with Gasteiger partial charge in [-0.2, -0.15) is 13.2 Å². The molecule has 1 aromatic rings. The van der Waals surface area contributed by atoms with Crippen LogP contribution in [0.15, 0.2) is 18.2 Å². The number of hydrogen-bond acceptors (Lipinski definition) is 2. The Labute approximate surface area is 141 Å². The molecule has 134 valence electrons. The molecular weight excluding hydrogens is 317 g/mol. The fourth-order valence-corrected chi connectivity index (χ4v) is 2.83. The van der Waals surface area contributed by atoms with E-state index in [1.807, 2.05) is 0 Å². The van der Waals surface area contributed by atoms with E-state index in [1.165, 1.54) is 6.07 Å². The van der Waals surface area contributed by atoms with E-state index in [4.69, 9.17) is 0 Å². The molecule has 0 saturated carbocycles. The predicted octanol–water partition coefficient (Wildman–Crippen LogP) is 5.07. The molecule has 3 nitrogen and oxygen atoms in total. The largest absolute Gasteiger partial charge is 0.416 e. The number of piperidine rings is 1. The lowest BCUT2D eigenvalue weighted by atomic mass is 9.95. The summed E-state index contributed by atoms with van der Waals surface area (Å²) in [5.41, 5.74) is -0.537. The summed E-state index contributed by atoms with van der Waals surface area (Å²) >= 11 is 0. The third-order valence-electron chi connectivity index (χ3n) is 4.37. The van der Waals surface area contributed by atoms with Gasteiger partial charge in [0.1, 0.15) is 0 Å². The van der Waals surface area contributed by atoms with Crippen molar-refractivity contribution >= 4 is 17.3 Å². The molecule has 0 bridgehead atoms. The molecule has 1 N–H and O–H groups in total. The summed E-state index contributed by atoms with van der Waals surface area (Å²) in [7, 11) is 0. The minimum atomic E-state index is -4.44. The minimum absolute atomic E-state index is 0.235. The van der Waals surface area contributed by atoms with Crippen LogP contribution in [0, 0.1) is 5.41 Å². The van der Waals surface area contributed by atoms with Crippen LogP contribution in [0.25, 0.3) is 0 Å². The van der Waals surface area contributed by atoms with Gasteiger partial charge < -0.3 is 10.2 Å². The van der Waals surface area contributed by atoms with Crippen molar-refractivity contribution in [3.05, 3.63) is 23.8 Å². The Bertz CT molecular complexity index is 605. The van der Waals surface area contributed by atoms with E-state index in [-0.39, 0.29) is 17.6 Å². The average Bonchev–Trinajstić information content (AvgIpc) is 2.46. The summed E-state index contributed by atoms with van der Waals surface area (Å²) in [6, 6.07) is 3.84. The van der Waals surface area contributed by atoms with Crippen molar-refractivity contribution in [1.82, 2.24) is 0 Å². The zero-order chi connectivity index (χ0) is 18.1. The first kappa shape index (κ1) is 18.6. The van der Waals surface area contributed by atoms with E-state index in [2.05, 4.69) is 17.1 Å². The van der Waals surface area contributed by atoms with Crippen molar-refractivity contribution in [3.8, 4) is 0 Å². The Balaban J connectivity index is 2.43. The quantitative estimate of drug-likeness (QED) is 0.814. The van der Waals surface area contributed by atoms with Crippen molar-refractivity contribution in [2.45, 2.75) is 59.2 Å². The molecule has 1 atom stereocenters. The lowest BCUT2D eigenvalue weighted by Crippen LogP contribution is -2.38. The van der Waals surface area contributed by atoms with E-state index in [0.717, 1.165) is 37.9 Å². The highest BCUT2D eigenvalue weighted by atomic mass is 19.4. The Morgan fingerprint density at radius 3 is 2.42 bits per heavy atom. The summed E-state index contributed by atoms with van der Waals surface area (Å²) in [6.45, 7) is 8.05. The van der Waals surface area contributed by atoms with Crippen molar-refractivity contribution in [1.29, 1.82) is 0 Å². The second-order valence-electron chi connectivity index (χ2n) is 7.47. The van der Waals surface area contributed by atoms with Crippen molar-refractivity contribution < 1.29 is 18.0 Å². The number of carbonyl (C=O) groups is 1. The maximum absolute atomic E-state index is 13.1. The fourth-order valence-electron chi connectivity index (χ4n) is 2.83. The van der Waals surface area contributed by atoms with Gasteiger partial charge in [0, 0.05) is 18.0 Å². The van der Waals surface area contributed by atoms with Crippen LogP contribution in [-0.2, 0) is 11.0 Å². The molecule has 1 saturated heterocycles. The molecule has 0 spiro atoms. The predicted molar refractivity (Wildman–Crippen MR) is 90.2 cm³/mol. The first-order valence-electron chi connectivity index (χ1n) is 8.29. The number of benzene rings is 1. The molecule has 1 amide bonds. The smallest absolute Gasteiger partial charge is 0.367 e. The summed E-state index contributed by atoms with van der Waals surface area (Å²) in [6.07, 6.45) is -1.33. The van der Waals surface area contributed by atoms with Crippen molar-refractivity contribution in [3.63, 3.8) is 0 Å². The molecule has 6 heteroatoms. The zero-order valence-corrected chi connectivity index (χ0v) is 14.6. The zero-order valence-electron chi connectivity index (χ0n) is 14.6. The second-order valence-corrected chi connectivity index (χ2v) is 7.47. The molecule has 1 heterocycles. The van der Waals surface area contributed by atoms with Gasteiger partial charge in [-0.05, 0) is 44.4 Å². The summed E-state index contributed by atoms with van der Waals surface area (Å²) < 4.78 is 39.2. The van der Waals surface area contributed by atoms with Crippen LogP contribution in [0.1, 0.15) is 52.5 Å². The standard InChI is InChI=1S/C18H25F3N2O/c1-12-7-5-6-10-23(12)15-9-8-13(18(19,20)21)11-14(15)22-16(24)17(2,3)4/h8-9,11-12H,5-7,10H2,1-4H3,(H,22,24). The average molecular weight is 342 g/mol. The first-order valence-corrected chi connectivity index (χ1v) is 8.29. The van der Waals surface area contributed by atoms with E-state index < -0.39 is 17.2 Å². The molecule has 1 aromatic carbocycles. The summed E-state index contributed by atoms with van der Waals surface area (Å²) in [5.74, 6) is -0.298. The van der Waals surface area contributed by atoms with Crippen LogP contribution in [0.5, 0.6) is 0 Å². The Morgan fingerprint density at radius 2 is 1.88 bits per heavy atom. The molecule has 0 aromatic heterocycles. The number of nitrogens with one attached hydrogen (secondary N) is 1. The number of rotatable bonds is 2. The van der Waals surface area contributed by atoms with Gasteiger partial charge in [0.25, 0.3) is 0 Å². The van der Waals surface area contributed by atoms with Gasteiger partial charge in [-0.25, -0.2) is 0 Å². The van der Waals surface area contributed by atoms with Gasteiger partial charge in [0.05, 0.1) is 16.9 Å². The SMILES string of the molecule is CC1CCCCN1c1ccc(C(F)(F)F)cc1NC(=O)C(C)(C)C. The van der Waals surface area contributed by atoms with E-state index in [0.29, 0.717) is 5.69 Å². The lowest BCUT2D eigenvalue weighted by Gasteiger charge is -2.37. The normalized spacial score (nSPS) is 19.3. The Morgan fingerprint density at radius 1 is 1.21 bits per heavy atom. The molecule has 24 heavy (non-hydrogen) atoms. The van der Waals surface area contributed by atoms with Crippen LogP contribution < -0.4 is 10.2 Å². The molecule has 0 aliphatic carbocycles. The number of amides is 1. The van der Waals surface area contributed by atoms with Crippen LogP contribution in [0.4, 0.5) is 24.5 Å². The van der Waals surface area contributed by atoms with Crippen LogP contribution in [-0.4, -0.2) is 18.5 Å². The van der Waals surface area contributed by atoms with Crippen molar-refractivity contribution in [2.75, 3.05) is 16.8 Å². The maximum atomic E-state index is 13.1. The molecule has 2 rings (SSSR count). The van der Waals surface area contributed by atoms with Gasteiger partial charge in [-0.3, -0.25) is 4.79 Å². The van der Waals surface area contributed by atoms with Crippen LogP contribution >= 0.6 is 0 Å². The topological polar surface area (TPSA) is 32.3 Å². The van der Waals surface area contributed by atoms with E-state index in [9.17, 15) is 18.0 Å². The molecule has 1 aliphatic rings. The van der Waals surface area contributed by atoms with Gasteiger partial charge in [0.2, 0.25) is 5.91 Å². The van der Waals surface area contributed by atoms with Crippen LogP contribution in [0.2, 0.25) is 0 Å². The number of anilines is 2. The monoisotopic (exact) mass is 342 g/mol. The number of hydrogen-bond donors (Lipinski definition) is 1. The number of halogens is 3. The Hall–Kier alpha value is -1.72. The lowest BCUT2D eigenvalue weighted by molar-refractivity contribution is -0.137. The molecule has 1 aliphatic heterocycles. The maximum Gasteiger partial charge on any atom is 0.416 e. The molecular formula is C18H25F3N2O. The third kappa shape index (κ3) is 4.22. The summed E-state index contributed by atoms with van der Waals surface area (Å²) in [5, 5.41) is 2.70. The minimum Gasteiger partial charge on any atom is -0.367 e. The van der Waals surface area contributed by atoms with Gasteiger partial charge in [0.15, 0.2) is 0 Å². The van der Waals surface area contributed by atoms with Gasteiger partial charge >= 0.3 is 6.18 Å². The second kappa shape index (κ2) is 6.65. The van der Waals surface area contributed by atoms with E-state index >= 15 is 0 Å². The molecule has 0 radical (unpaired) electrons. The Kier molecular flexibility index (Phi) is 5.16. The highest BCUT2D eigenvalue weighted by Gasteiger charge is 2.33. The number of carbonyl (C=O) groups excluding carboxylic acids is 1. The third-order valence-corrected chi connectivity index (χ3v) is 4.37. The fraction of sp³-hybridized carbons (Fsp3) is 0.611. The van der Waals surface area contributed by atoms with Gasteiger partial charge in [-0.1, -0.05) is 20.8 Å². The van der Waals surface area contributed by atoms with Gasteiger partial charge in [-0.15, -0.1) is 0 Å².